The van der Waals surface area contributed by atoms with Crippen LogP contribution < -0.4 is 4.74 Å². The minimum absolute atomic E-state index is 0.0539. The molecule has 0 fully saturated rings. The van der Waals surface area contributed by atoms with Crippen LogP contribution in [0.5, 0.6) is 5.75 Å². The molecule has 1 aromatic rings. The monoisotopic (exact) mass is 193 g/mol. The lowest BCUT2D eigenvalue weighted by molar-refractivity contribution is 0.106. The smallest absolute Gasteiger partial charge is 0.210 e. The van der Waals surface area contributed by atoms with Gasteiger partial charge in [0.05, 0.1) is 7.11 Å². The lowest BCUT2D eigenvalue weighted by Gasteiger charge is -2.02. The van der Waals surface area contributed by atoms with Crippen molar-refractivity contribution in [3.8, 4) is 5.75 Å². The molecule has 0 radical (unpaired) electrons. The van der Waals surface area contributed by atoms with Crippen LogP contribution in [0, 0.1) is 0 Å². The van der Waals surface area contributed by atoms with Crippen molar-refractivity contribution in [1.82, 2.24) is 0 Å². The van der Waals surface area contributed by atoms with Gasteiger partial charge in [0.25, 0.3) is 0 Å². The van der Waals surface area contributed by atoms with Gasteiger partial charge in [0.2, 0.25) is 5.78 Å². The van der Waals surface area contributed by atoms with E-state index in [1.807, 2.05) is 0 Å². The van der Waals surface area contributed by atoms with Gasteiger partial charge in [-0.05, 0) is 19.1 Å². The first-order chi connectivity index (χ1) is 6.69. The third kappa shape index (κ3) is 2.10. The first-order valence-electron chi connectivity index (χ1n) is 4.06. The van der Waals surface area contributed by atoms with Crippen molar-refractivity contribution in [3.63, 3.8) is 0 Å². The number of carbonyl (C=O) groups is 1. The number of methoxy groups -OCH3 is 1. The van der Waals surface area contributed by atoms with Crippen molar-refractivity contribution in [2.24, 2.45) is 5.16 Å². The van der Waals surface area contributed by atoms with E-state index in [-0.39, 0.29) is 11.5 Å². The van der Waals surface area contributed by atoms with Gasteiger partial charge in [0.15, 0.2) is 0 Å². The highest BCUT2D eigenvalue weighted by Gasteiger charge is 2.10. The maximum Gasteiger partial charge on any atom is 0.210 e. The number of Topliss-reactive ketones (excluding diaryl/α,β-unsaturated/α-hetero) is 1. The Kier molecular flexibility index (Phi) is 3.23. The van der Waals surface area contributed by atoms with Crippen LogP contribution in [0.2, 0.25) is 0 Å². The minimum atomic E-state index is -0.314. The summed E-state index contributed by atoms with van der Waals surface area (Å²) in [6, 6.07) is 6.68. The van der Waals surface area contributed by atoms with Crippen molar-refractivity contribution in [2.45, 2.75) is 6.92 Å². The molecule has 0 amide bonds. The van der Waals surface area contributed by atoms with E-state index in [4.69, 9.17) is 9.94 Å². The van der Waals surface area contributed by atoms with E-state index in [0.717, 1.165) is 0 Å². The summed E-state index contributed by atoms with van der Waals surface area (Å²) < 4.78 is 4.96. The zero-order valence-electron chi connectivity index (χ0n) is 8.02. The first kappa shape index (κ1) is 10.2. The molecule has 1 rings (SSSR count). The second-order valence-corrected chi connectivity index (χ2v) is 2.75. The van der Waals surface area contributed by atoms with Crippen molar-refractivity contribution in [2.75, 3.05) is 7.11 Å². The van der Waals surface area contributed by atoms with Crippen LogP contribution in [-0.2, 0) is 0 Å². The minimum Gasteiger partial charge on any atom is -0.497 e. The van der Waals surface area contributed by atoms with Gasteiger partial charge in [-0.15, -0.1) is 0 Å². The Balaban J connectivity index is 3.01. The number of hydrogen-bond donors (Lipinski definition) is 1. The van der Waals surface area contributed by atoms with E-state index in [0.29, 0.717) is 11.3 Å². The van der Waals surface area contributed by atoms with Crippen LogP contribution in [-0.4, -0.2) is 23.8 Å². The number of ether oxygens (including phenoxy) is 1. The largest absolute Gasteiger partial charge is 0.497 e. The molecule has 0 saturated carbocycles. The summed E-state index contributed by atoms with van der Waals surface area (Å²) in [7, 11) is 1.52. The number of hydrogen-bond acceptors (Lipinski definition) is 4. The molecule has 1 N–H and O–H groups in total. The molecule has 0 aliphatic carbocycles. The molecule has 14 heavy (non-hydrogen) atoms. The Morgan fingerprint density at radius 1 is 1.50 bits per heavy atom. The maximum atomic E-state index is 11.5. The number of carbonyl (C=O) groups excluding carboxylic acids is 1. The normalized spacial score (nSPS) is 11.1. The molecule has 0 atom stereocenters. The van der Waals surface area contributed by atoms with Crippen molar-refractivity contribution in [1.29, 1.82) is 0 Å². The highest BCUT2D eigenvalue weighted by Crippen LogP contribution is 2.13. The predicted octanol–water partition coefficient (Wildman–Crippen LogP) is 1.73. The highest BCUT2D eigenvalue weighted by molar-refractivity contribution is 6.45. The van der Waals surface area contributed by atoms with Crippen molar-refractivity contribution >= 4 is 11.5 Å². The molecule has 0 aliphatic rings. The molecule has 0 saturated heterocycles. The molecular formula is C10H11NO3. The number of ketones is 1. The second-order valence-electron chi connectivity index (χ2n) is 2.75. The predicted molar refractivity (Wildman–Crippen MR) is 52.2 cm³/mol. The molecule has 0 aliphatic heterocycles. The third-order valence-electron chi connectivity index (χ3n) is 1.81. The van der Waals surface area contributed by atoms with Crippen LogP contribution in [0.15, 0.2) is 29.4 Å². The van der Waals surface area contributed by atoms with E-state index in [9.17, 15) is 4.79 Å². The van der Waals surface area contributed by atoms with Gasteiger partial charge in [0.1, 0.15) is 11.5 Å². The van der Waals surface area contributed by atoms with Crippen LogP contribution in [0.1, 0.15) is 17.3 Å². The topological polar surface area (TPSA) is 58.9 Å². The van der Waals surface area contributed by atoms with Crippen molar-refractivity contribution in [3.05, 3.63) is 29.8 Å². The van der Waals surface area contributed by atoms with E-state index in [2.05, 4.69) is 5.16 Å². The number of nitrogens with zero attached hydrogens (tertiary/aromatic N) is 1. The summed E-state index contributed by atoms with van der Waals surface area (Å²) in [4.78, 5) is 11.5. The fourth-order valence-corrected chi connectivity index (χ4v) is 1.02. The van der Waals surface area contributed by atoms with Crippen LogP contribution in [0.3, 0.4) is 0 Å². The number of benzene rings is 1. The summed E-state index contributed by atoms with van der Waals surface area (Å²) in [5.41, 5.74) is 0.498. The van der Waals surface area contributed by atoms with Gasteiger partial charge >= 0.3 is 0 Å². The van der Waals surface area contributed by atoms with Gasteiger partial charge in [-0.1, -0.05) is 17.3 Å². The standard InChI is InChI=1S/C10H11NO3/c1-7(11-13)10(12)8-4-3-5-9(6-8)14-2/h3-6,13H,1-2H3/b11-7+. The summed E-state index contributed by atoms with van der Waals surface area (Å²) in [5, 5.41) is 11.3. The molecule has 0 unspecified atom stereocenters. The Labute approximate surface area is 81.8 Å². The molecular weight excluding hydrogens is 182 g/mol. The fraction of sp³-hybridized carbons (Fsp3) is 0.200. The number of oxime groups is 1. The average molecular weight is 193 g/mol. The zero-order valence-corrected chi connectivity index (χ0v) is 8.02. The SMILES string of the molecule is COc1cccc(C(=O)/C(C)=N/O)c1. The average Bonchev–Trinajstić information content (AvgIpc) is 2.27. The Morgan fingerprint density at radius 2 is 2.21 bits per heavy atom. The Morgan fingerprint density at radius 3 is 2.79 bits per heavy atom. The Bertz CT molecular complexity index is 371. The summed E-state index contributed by atoms with van der Waals surface area (Å²) in [6.45, 7) is 1.45. The van der Waals surface area contributed by atoms with Gasteiger partial charge in [-0.3, -0.25) is 4.79 Å². The quantitative estimate of drug-likeness (QED) is 0.344. The molecule has 74 valence electrons. The molecule has 0 bridgehead atoms. The van der Waals surface area contributed by atoms with Gasteiger partial charge in [-0.25, -0.2) is 0 Å². The number of rotatable bonds is 3. The molecule has 0 spiro atoms. The maximum absolute atomic E-state index is 11.5. The van der Waals surface area contributed by atoms with E-state index in [1.165, 1.54) is 14.0 Å². The summed E-state index contributed by atoms with van der Waals surface area (Å²) in [5.74, 6) is 0.285. The fourth-order valence-electron chi connectivity index (χ4n) is 1.02. The summed E-state index contributed by atoms with van der Waals surface area (Å²) in [6.07, 6.45) is 0. The van der Waals surface area contributed by atoms with Crippen LogP contribution >= 0.6 is 0 Å². The van der Waals surface area contributed by atoms with Gasteiger partial charge < -0.3 is 9.94 Å². The van der Waals surface area contributed by atoms with E-state index in [1.54, 1.807) is 24.3 Å². The zero-order chi connectivity index (χ0) is 10.6. The molecule has 0 heterocycles. The molecule has 4 nitrogen and oxygen atoms in total. The van der Waals surface area contributed by atoms with Gasteiger partial charge in [-0.2, -0.15) is 0 Å². The van der Waals surface area contributed by atoms with Gasteiger partial charge in [0, 0.05) is 5.56 Å². The van der Waals surface area contributed by atoms with E-state index < -0.39 is 0 Å². The van der Waals surface area contributed by atoms with Crippen molar-refractivity contribution < 1.29 is 14.7 Å². The molecule has 4 heteroatoms. The molecule has 1 aromatic carbocycles. The van der Waals surface area contributed by atoms with Crippen LogP contribution in [0.4, 0.5) is 0 Å². The van der Waals surface area contributed by atoms with E-state index >= 15 is 0 Å². The molecule has 0 aromatic heterocycles. The van der Waals surface area contributed by atoms with Crippen LogP contribution in [0.25, 0.3) is 0 Å². The lowest BCUT2D eigenvalue weighted by Crippen LogP contribution is -2.10. The lowest BCUT2D eigenvalue weighted by atomic mass is 10.1. The second kappa shape index (κ2) is 4.41. The summed E-state index contributed by atoms with van der Waals surface area (Å²) >= 11 is 0. The Hall–Kier alpha value is -1.84. The first-order valence-corrected chi connectivity index (χ1v) is 4.06. The third-order valence-corrected chi connectivity index (χ3v) is 1.81. The highest BCUT2D eigenvalue weighted by atomic mass is 16.5.